The molecule has 1 aromatic rings. The lowest BCUT2D eigenvalue weighted by Crippen LogP contribution is -2.25. The zero-order valence-corrected chi connectivity index (χ0v) is 9.43. The average Bonchev–Trinajstić information content (AvgIpc) is 2.42. The van der Waals surface area contributed by atoms with Crippen molar-refractivity contribution in [1.82, 2.24) is 10.6 Å². The molecule has 6 nitrogen and oxygen atoms in total. The fourth-order valence-corrected chi connectivity index (χ4v) is 1.22. The smallest absolute Gasteiger partial charge is 0.252 e. The minimum atomic E-state index is -0.375. The van der Waals surface area contributed by atoms with Crippen molar-refractivity contribution >= 4 is 11.8 Å². The van der Waals surface area contributed by atoms with Gasteiger partial charge in [-0.15, -0.1) is 0 Å². The van der Waals surface area contributed by atoms with Crippen LogP contribution in [0.4, 0.5) is 0 Å². The molecule has 1 aromatic carbocycles. The van der Waals surface area contributed by atoms with Crippen LogP contribution in [0.5, 0.6) is 0 Å². The number of amides is 2. The monoisotopic (exact) mass is 242 g/mol. The van der Waals surface area contributed by atoms with Gasteiger partial charge in [-0.3, -0.25) is 9.59 Å². The molecule has 2 amide bonds. The third kappa shape index (κ3) is 3.62. The number of hydrogen-bond donors (Lipinski definition) is 2. The van der Waals surface area contributed by atoms with Crippen LogP contribution >= 0.6 is 0 Å². The predicted molar refractivity (Wildman–Crippen MR) is 62.3 cm³/mol. The molecule has 0 fully saturated rings. The molecule has 1 rings (SSSR count). The van der Waals surface area contributed by atoms with Crippen molar-refractivity contribution in [1.29, 1.82) is 10.5 Å². The molecular weight excluding hydrogens is 232 g/mol. The first-order chi connectivity index (χ1) is 8.69. The van der Waals surface area contributed by atoms with Crippen molar-refractivity contribution in [2.45, 2.75) is 0 Å². The molecule has 0 aliphatic heterocycles. The van der Waals surface area contributed by atoms with Gasteiger partial charge in [0, 0.05) is 11.1 Å². The van der Waals surface area contributed by atoms with Gasteiger partial charge in [-0.25, -0.2) is 0 Å². The highest BCUT2D eigenvalue weighted by molar-refractivity contribution is 5.97. The lowest BCUT2D eigenvalue weighted by Gasteiger charge is -2.03. The Morgan fingerprint density at radius 1 is 0.889 bits per heavy atom. The molecule has 0 unspecified atom stereocenters. The second-order valence-electron chi connectivity index (χ2n) is 3.26. The van der Waals surface area contributed by atoms with Gasteiger partial charge in [0.25, 0.3) is 11.8 Å². The molecule has 0 aliphatic carbocycles. The number of carbonyl (C=O) groups excluding carboxylic acids is 2. The number of nitriles is 2. The molecule has 0 heterocycles. The van der Waals surface area contributed by atoms with E-state index in [1.807, 2.05) is 0 Å². The molecule has 0 aliphatic rings. The summed E-state index contributed by atoms with van der Waals surface area (Å²) in [7, 11) is 0. The highest BCUT2D eigenvalue weighted by Crippen LogP contribution is 2.04. The Morgan fingerprint density at radius 3 is 1.50 bits per heavy atom. The Bertz CT molecular complexity index is 473. The van der Waals surface area contributed by atoms with E-state index in [9.17, 15) is 9.59 Å². The van der Waals surface area contributed by atoms with Crippen LogP contribution in [0.3, 0.4) is 0 Å². The van der Waals surface area contributed by atoms with E-state index in [1.54, 1.807) is 12.1 Å². The maximum absolute atomic E-state index is 11.5. The van der Waals surface area contributed by atoms with Gasteiger partial charge in [0.2, 0.25) is 0 Å². The van der Waals surface area contributed by atoms with E-state index in [1.165, 1.54) is 24.3 Å². The summed E-state index contributed by atoms with van der Waals surface area (Å²) < 4.78 is 0. The highest BCUT2D eigenvalue weighted by atomic mass is 16.2. The fraction of sp³-hybridized carbons (Fsp3) is 0.167. The molecule has 0 saturated carbocycles. The summed E-state index contributed by atoms with van der Waals surface area (Å²) in [5.41, 5.74) is 0.726. The molecule has 0 spiro atoms. The first-order valence-corrected chi connectivity index (χ1v) is 5.09. The van der Waals surface area contributed by atoms with Crippen molar-refractivity contribution in [3.8, 4) is 12.1 Å². The second kappa shape index (κ2) is 6.66. The van der Waals surface area contributed by atoms with Crippen molar-refractivity contribution in [2.24, 2.45) is 0 Å². The predicted octanol–water partition coefficient (Wildman–Crippen LogP) is 0.193. The maximum atomic E-state index is 11.5. The summed E-state index contributed by atoms with van der Waals surface area (Å²) in [6, 6.07) is 9.51. The molecule has 2 N–H and O–H groups in total. The molecule has 6 heteroatoms. The molecule has 0 radical (unpaired) electrons. The molecule has 0 bridgehead atoms. The van der Waals surface area contributed by atoms with Gasteiger partial charge >= 0.3 is 0 Å². The molecule has 90 valence electrons. The van der Waals surface area contributed by atoms with Crippen molar-refractivity contribution in [3.05, 3.63) is 35.4 Å². The van der Waals surface area contributed by atoms with E-state index in [0.717, 1.165) is 0 Å². The van der Waals surface area contributed by atoms with Crippen LogP contribution in [-0.2, 0) is 0 Å². The quantitative estimate of drug-likeness (QED) is 0.735. The van der Waals surface area contributed by atoms with Gasteiger partial charge in [0.05, 0.1) is 12.1 Å². The van der Waals surface area contributed by atoms with Crippen LogP contribution in [0, 0.1) is 22.7 Å². The van der Waals surface area contributed by atoms with E-state index < -0.39 is 0 Å². The largest absolute Gasteiger partial charge is 0.339 e. The first kappa shape index (κ1) is 13.2. The second-order valence-corrected chi connectivity index (χ2v) is 3.26. The van der Waals surface area contributed by atoms with Gasteiger partial charge < -0.3 is 10.6 Å². The lowest BCUT2D eigenvalue weighted by molar-refractivity contribution is 0.0946. The summed E-state index contributed by atoms with van der Waals surface area (Å²) >= 11 is 0. The number of benzene rings is 1. The molecule has 0 saturated heterocycles. The number of nitrogens with zero attached hydrogens (tertiary/aromatic N) is 2. The Balaban J connectivity index is 2.69. The summed E-state index contributed by atoms with van der Waals surface area (Å²) in [5, 5.41) is 21.4. The third-order valence-electron chi connectivity index (χ3n) is 2.07. The highest BCUT2D eigenvalue weighted by Gasteiger charge is 2.07. The first-order valence-electron chi connectivity index (χ1n) is 5.09. The Morgan fingerprint density at radius 2 is 1.22 bits per heavy atom. The summed E-state index contributed by atoms with van der Waals surface area (Å²) in [6.45, 7) is -0.132. The van der Waals surface area contributed by atoms with Crippen molar-refractivity contribution in [3.63, 3.8) is 0 Å². The topological polar surface area (TPSA) is 106 Å². The number of carbonyl (C=O) groups is 2. The maximum Gasteiger partial charge on any atom is 0.252 e. The normalized spacial score (nSPS) is 8.78. The van der Waals surface area contributed by atoms with Crippen LogP contribution in [0.25, 0.3) is 0 Å². The van der Waals surface area contributed by atoms with E-state index in [2.05, 4.69) is 10.6 Å². The van der Waals surface area contributed by atoms with E-state index in [4.69, 9.17) is 10.5 Å². The number of nitrogens with one attached hydrogen (secondary N) is 2. The summed E-state index contributed by atoms with van der Waals surface area (Å²) in [5.74, 6) is -0.749. The van der Waals surface area contributed by atoms with Crippen molar-refractivity contribution in [2.75, 3.05) is 13.1 Å². The molecule has 18 heavy (non-hydrogen) atoms. The van der Waals surface area contributed by atoms with Crippen LogP contribution < -0.4 is 10.6 Å². The Hall–Kier alpha value is -2.86. The van der Waals surface area contributed by atoms with Gasteiger partial charge in [0.1, 0.15) is 13.1 Å². The number of hydrogen-bond acceptors (Lipinski definition) is 4. The average molecular weight is 242 g/mol. The van der Waals surface area contributed by atoms with Crippen LogP contribution in [0.1, 0.15) is 20.7 Å². The molecular formula is C12H10N4O2. The van der Waals surface area contributed by atoms with Crippen LogP contribution in [0.2, 0.25) is 0 Å². The van der Waals surface area contributed by atoms with Gasteiger partial charge in [-0.1, -0.05) is 0 Å². The number of rotatable bonds is 4. The molecule has 0 aromatic heterocycles. The van der Waals surface area contributed by atoms with Crippen molar-refractivity contribution < 1.29 is 9.59 Å². The van der Waals surface area contributed by atoms with Crippen LogP contribution in [-0.4, -0.2) is 24.9 Å². The van der Waals surface area contributed by atoms with E-state index in [-0.39, 0.29) is 24.9 Å². The zero-order valence-electron chi connectivity index (χ0n) is 9.43. The Kier molecular flexibility index (Phi) is 4.89. The lowest BCUT2D eigenvalue weighted by atomic mass is 10.1. The fourth-order valence-electron chi connectivity index (χ4n) is 1.22. The minimum Gasteiger partial charge on any atom is -0.339 e. The Labute approximate surface area is 104 Å². The summed E-state index contributed by atoms with van der Waals surface area (Å²) in [4.78, 5) is 22.9. The SMILES string of the molecule is N#CCNC(=O)c1ccc(C(=O)NCC#N)cc1. The molecule has 0 atom stereocenters. The minimum absolute atomic E-state index is 0.0662. The van der Waals surface area contributed by atoms with Gasteiger partial charge in [-0.05, 0) is 24.3 Å². The summed E-state index contributed by atoms with van der Waals surface area (Å²) in [6.07, 6.45) is 0. The van der Waals surface area contributed by atoms with Crippen LogP contribution in [0.15, 0.2) is 24.3 Å². The van der Waals surface area contributed by atoms with Gasteiger partial charge in [0.15, 0.2) is 0 Å². The van der Waals surface area contributed by atoms with Gasteiger partial charge in [-0.2, -0.15) is 10.5 Å². The zero-order chi connectivity index (χ0) is 13.4. The standard InChI is InChI=1S/C12H10N4O2/c13-5-7-15-11(17)9-1-2-10(4-3-9)12(18)16-8-6-14/h1-4H,7-8H2,(H,15,17)(H,16,18). The van der Waals surface area contributed by atoms with E-state index >= 15 is 0 Å². The van der Waals surface area contributed by atoms with E-state index in [0.29, 0.717) is 11.1 Å². The third-order valence-corrected chi connectivity index (χ3v) is 2.07.